The van der Waals surface area contributed by atoms with Crippen LogP contribution in [0.4, 0.5) is 11.4 Å². The molecule has 1 fully saturated rings. The summed E-state index contributed by atoms with van der Waals surface area (Å²) in [5, 5.41) is 11.7. The molecule has 0 spiro atoms. The smallest absolute Gasteiger partial charge is 0.238 e. The van der Waals surface area contributed by atoms with Gasteiger partial charge >= 0.3 is 0 Å². The van der Waals surface area contributed by atoms with Crippen molar-refractivity contribution in [2.24, 2.45) is 0 Å². The van der Waals surface area contributed by atoms with E-state index < -0.39 is 0 Å². The number of nitrogens with one attached hydrogen (secondary N) is 1. The van der Waals surface area contributed by atoms with Crippen LogP contribution in [-0.2, 0) is 4.79 Å². The molecule has 0 atom stereocenters. The summed E-state index contributed by atoms with van der Waals surface area (Å²) in [4.78, 5) is 16.7. The number of hydrogen-bond acceptors (Lipinski definition) is 4. The van der Waals surface area contributed by atoms with Gasteiger partial charge < -0.3 is 10.2 Å². The quantitative estimate of drug-likeness (QED) is 0.934. The van der Waals surface area contributed by atoms with Crippen LogP contribution in [0.5, 0.6) is 0 Å². The molecule has 5 nitrogen and oxygen atoms in total. The van der Waals surface area contributed by atoms with E-state index in [1.54, 1.807) is 24.3 Å². The number of nitriles is 1. The Labute approximate surface area is 148 Å². The molecule has 5 heteroatoms. The molecular weight excluding hydrogens is 312 g/mol. The van der Waals surface area contributed by atoms with Gasteiger partial charge in [0.1, 0.15) is 0 Å². The van der Waals surface area contributed by atoms with Crippen molar-refractivity contribution in [3.05, 3.63) is 59.7 Å². The normalized spacial score (nSPS) is 14.8. The minimum Gasteiger partial charge on any atom is -0.369 e. The Morgan fingerprint density at radius 1 is 1.12 bits per heavy atom. The molecule has 2 aromatic rings. The third-order valence-corrected chi connectivity index (χ3v) is 4.40. The lowest BCUT2D eigenvalue weighted by Crippen LogP contribution is -2.48. The van der Waals surface area contributed by atoms with Crippen molar-refractivity contribution in [2.75, 3.05) is 42.9 Å². The third kappa shape index (κ3) is 4.59. The first-order valence-corrected chi connectivity index (χ1v) is 8.48. The average molecular weight is 334 g/mol. The molecule has 0 aromatic heterocycles. The summed E-state index contributed by atoms with van der Waals surface area (Å²) in [6.07, 6.45) is 0. The van der Waals surface area contributed by atoms with E-state index in [1.807, 2.05) is 0 Å². The molecule has 25 heavy (non-hydrogen) atoms. The number of hydrogen-bond donors (Lipinski definition) is 1. The van der Waals surface area contributed by atoms with E-state index in [-0.39, 0.29) is 5.91 Å². The molecule has 0 saturated carbocycles. The van der Waals surface area contributed by atoms with Crippen LogP contribution in [-0.4, -0.2) is 43.5 Å². The molecular formula is C20H22N4O. The van der Waals surface area contributed by atoms with Gasteiger partial charge in [0.05, 0.1) is 18.2 Å². The van der Waals surface area contributed by atoms with Gasteiger partial charge in [-0.3, -0.25) is 9.69 Å². The Balaban J connectivity index is 1.48. The van der Waals surface area contributed by atoms with Gasteiger partial charge in [-0.15, -0.1) is 0 Å². The molecule has 128 valence electrons. The number of piperazine rings is 1. The average Bonchev–Trinajstić information content (AvgIpc) is 2.63. The molecule has 1 saturated heterocycles. The number of benzene rings is 2. The van der Waals surface area contributed by atoms with E-state index >= 15 is 0 Å². The number of rotatable bonds is 4. The topological polar surface area (TPSA) is 59.4 Å². The minimum absolute atomic E-state index is 0.0197. The highest BCUT2D eigenvalue weighted by molar-refractivity contribution is 5.92. The van der Waals surface area contributed by atoms with Gasteiger partial charge in [-0.05, 0) is 48.9 Å². The Hall–Kier alpha value is -2.84. The molecule has 0 radical (unpaired) electrons. The van der Waals surface area contributed by atoms with Crippen molar-refractivity contribution < 1.29 is 4.79 Å². The first-order chi connectivity index (χ1) is 12.1. The Morgan fingerprint density at radius 2 is 1.84 bits per heavy atom. The largest absolute Gasteiger partial charge is 0.369 e. The van der Waals surface area contributed by atoms with Gasteiger partial charge in [0.2, 0.25) is 5.91 Å². The van der Waals surface area contributed by atoms with Crippen molar-refractivity contribution in [2.45, 2.75) is 6.92 Å². The Bertz CT molecular complexity index is 771. The van der Waals surface area contributed by atoms with Crippen LogP contribution >= 0.6 is 0 Å². The molecule has 1 aliphatic heterocycles. The van der Waals surface area contributed by atoms with Crippen LogP contribution in [0.1, 0.15) is 11.1 Å². The first-order valence-electron chi connectivity index (χ1n) is 8.48. The van der Waals surface area contributed by atoms with Crippen LogP contribution in [0, 0.1) is 18.3 Å². The summed E-state index contributed by atoms with van der Waals surface area (Å²) >= 11 is 0. The Morgan fingerprint density at radius 3 is 2.48 bits per heavy atom. The molecule has 1 N–H and O–H groups in total. The number of aryl methyl sites for hydroxylation is 1. The van der Waals surface area contributed by atoms with Crippen molar-refractivity contribution >= 4 is 17.3 Å². The predicted octanol–water partition coefficient (Wildman–Crippen LogP) is 2.63. The molecule has 0 bridgehead atoms. The highest BCUT2D eigenvalue weighted by atomic mass is 16.2. The fourth-order valence-electron chi connectivity index (χ4n) is 3.02. The Kier molecular flexibility index (Phi) is 5.32. The highest BCUT2D eigenvalue weighted by Crippen LogP contribution is 2.17. The fraction of sp³-hybridized carbons (Fsp3) is 0.300. The van der Waals surface area contributed by atoms with Crippen molar-refractivity contribution in [3.63, 3.8) is 0 Å². The van der Waals surface area contributed by atoms with Crippen LogP contribution in [0.2, 0.25) is 0 Å². The number of carbonyl (C=O) groups excluding carboxylic acids is 1. The molecule has 2 aromatic carbocycles. The van der Waals surface area contributed by atoms with Crippen LogP contribution in [0.15, 0.2) is 48.5 Å². The highest BCUT2D eigenvalue weighted by Gasteiger charge is 2.19. The molecule has 1 heterocycles. The summed E-state index contributed by atoms with van der Waals surface area (Å²) < 4.78 is 0. The zero-order chi connectivity index (χ0) is 17.6. The van der Waals surface area contributed by atoms with E-state index in [0.29, 0.717) is 12.1 Å². The van der Waals surface area contributed by atoms with Gasteiger partial charge in [-0.2, -0.15) is 5.26 Å². The molecule has 0 aliphatic carbocycles. The van der Waals surface area contributed by atoms with Crippen molar-refractivity contribution in [1.29, 1.82) is 5.26 Å². The summed E-state index contributed by atoms with van der Waals surface area (Å²) in [5.41, 5.74) is 3.83. The second kappa shape index (κ2) is 7.82. The lowest BCUT2D eigenvalue weighted by atomic mass is 10.2. The van der Waals surface area contributed by atoms with Crippen LogP contribution in [0.25, 0.3) is 0 Å². The van der Waals surface area contributed by atoms with Gasteiger partial charge in [-0.1, -0.05) is 12.1 Å². The number of anilines is 2. The predicted molar refractivity (Wildman–Crippen MR) is 99.6 cm³/mol. The van der Waals surface area contributed by atoms with Gasteiger partial charge in [0.25, 0.3) is 0 Å². The van der Waals surface area contributed by atoms with Crippen molar-refractivity contribution in [3.8, 4) is 6.07 Å². The summed E-state index contributed by atoms with van der Waals surface area (Å²) in [5.74, 6) is -0.0197. The molecule has 1 aliphatic rings. The molecule has 1 amide bonds. The zero-order valence-corrected chi connectivity index (χ0v) is 14.4. The van der Waals surface area contributed by atoms with Gasteiger partial charge in [0, 0.05) is 37.6 Å². The molecule has 3 rings (SSSR count). The summed E-state index contributed by atoms with van der Waals surface area (Å²) in [7, 11) is 0. The second-order valence-electron chi connectivity index (χ2n) is 6.34. The lowest BCUT2D eigenvalue weighted by molar-refractivity contribution is -0.117. The van der Waals surface area contributed by atoms with E-state index in [1.165, 1.54) is 11.3 Å². The number of amides is 1. The maximum atomic E-state index is 12.2. The second-order valence-corrected chi connectivity index (χ2v) is 6.34. The van der Waals surface area contributed by atoms with E-state index in [9.17, 15) is 4.79 Å². The standard InChI is InChI=1S/C20H22N4O/c1-16-3-2-4-19(13-16)24-11-9-23(10-12-24)15-20(25)22-18-7-5-17(14-21)6-8-18/h2-8,13H,9-12,15H2,1H3,(H,22,25). The number of carbonyl (C=O) groups is 1. The van der Waals surface area contributed by atoms with Crippen LogP contribution in [0.3, 0.4) is 0 Å². The molecule has 0 unspecified atom stereocenters. The fourth-order valence-corrected chi connectivity index (χ4v) is 3.02. The zero-order valence-electron chi connectivity index (χ0n) is 14.4. The van der Waals surface area contributed by atoms with Gasteiger partial charge in [0.15, 0.2) is 0 Å². The minimum atomic E-state index is -0.0197. The van der Waals surface area contributed by atoms with E-state index in [2.05, 4.69) is 52.4 Å². The monoisotopic (exact) mass is 334 g/mol. The van der Waals surface area contributed by atoms with Crippen molar-refractivity contribution in [1.82, 2.24) is 4.90 Å². The SMILES string of the molecule is Cc1cccc(N2CCN(CC(=O)Nc3ccc(C#N)cc3)CC2)c1. The van der Waals surface area contributed by atoms with E-state index in [4.69, 9.17) is 5.26 Å². The summed E-state index contributed by atoms with van der Waals surface area (Å²) in [6.45, 7) is 6.08. The number of nitrogens with zero attached hydrogens (tertiary/aromatic N) is 3. The first kappa shape index (κ1) is 17.0. The van der Waals surface area contributed by atoms with Crippen LogP contribution < -0.4 is 10.2 Å². The maximum Gasteiger partial charge on any atom is 0.238 e. The van der Waals surface area contributed by atoms with E-state index in [0.717, 1.165) is 31.9 Å². The third-order valence-electron chi connectivity index (χ3n) is 4.40. The maximum absolute atomic E-state index is 12.2. The summed E-state index contributed by atoms with van der Waals surface area (Å²) in [6, 6.07) is 17.5. The lowest BCUT2D eigenvalue weighted by Gasteiger charge is -2.35. The van der Waals surface area contributed by atoms with Gasteiger partial charge in [-0.25, -0.2) is 0 Å².